The van der Waals surface area contributed by atoms with Crippen LogP contribution in [-0.4, -0.2) is 42.4 Å². The van der Waals surface area contributed by atoms with Crippen molar-refractivity contribution in [2.75, 3.05) is 31.6 Å². The molecule has 1 aliphatic rings. The summed E-state index contributed by atoms with van der Waals surface area (Å²) in [7, 11) is 1.85. The Hall–Kier alpha value is -0.650. The summed E-state index contributed by atoms with van der Waals surface area (Å²) in [6, 6.07) is 8.12. The molecule has 0 aliphatic carbocycles. The fourth-order valence-corrected chi connectivity index (χ4v) is 5.36. The number of hydrogen-bond donors (Lipinski definition) is 1. The van der Waals surface area contributed by atoms with Gasteiger partial charge in [0.05, 0.1) is 4.58 Å². The highest BCUT2D eigenvalue weighted by atomic mass is 32.2. The summed E-state index contributed by atoms with van der Waals surface area (Å²) in [4.78, 5) is 14.3. The number of thioether (sulfide) groups is 2. The van der Waals surface area contributed by atoms with Gasteiger partial charge in [0.2, 0.25) is 0 Å². The minimum Gasteiger partial charge on any atom is -0.341 e. The molecule has 1 fully saturated rings. The van der Waals surface area contributed by atoms with E-state index in [1.165, 1.54) is 23.5 Å². The molecular formula is C17H26N2OS2. The van der Waals surface area contributed by atoms with Crippen molar-refractivity contribution in [3.63, 3.8) is 0 Å². The van der Waals surface area contributed by atoms with E-state index in [1.807, 2.05) is 42.7 Å². The van der Waals surface area contributed by atoms with E-state index in [1.54, 1.807) is 4.90 Å². The van der Waals surface area contributed by atoms with Crippen molar-refractivity contribution in [3.05, 3.63) is 35.4 Å². The van der Waals surface area contributed by atoms with E-state index in [9.17, 15) is 4.79 Å². The van der Waals surface area contributed by atoms with E-state index in [2.05, 4.69) is 26.0 Å². The minimum absolute atomic E-state index is 0.0558. The van der Waals surface area contributed by atoms with Crippen LogP contribution in [0.5, 0.6) is 0 Å². The number of carbonyl (C=O) groups is 1. The van der Waals surface area contributed by atoms with Gasteiger partial charge in [-0.25, -0.2) is 0 Å². The lowest BCUT2D eigenvalue weighted by atomic mass is 9.93. The van der Waals surface area contributed by atoms with Gasteiger partial charge in [-0.2, -0.15) is 0 Å². The Labute approximate surface area is 142 Å². The van der Waals surface area contributed by atoms with Gasteiger partial charge in [-0.3, -0.25) is 4.79 Å². The summed E-state index contributed by atoms with van der Waals surface area (Å²) in [5.74, 6) is 2.53. The first-order valence-electron chi connectivity index (χ1n) is 7.72. The van der Waals surface area contributed by atoms with Gasteiger partial charge >= 0.3 is 0 Å². The van der Waals surface area contributed by atoms with E-state index >= 15 is 0 Å². The number of hydrogen-bond acceptors (Lipinski definition) is 4. The second kappa shape index (κ2) is 7.75. The minimum atomic E-state index is -0.0558. The van der Waals surface area contributed by atoms with Crippen LogP contribution in [0, 0.1) is 5.41 Å². The molecule has 2 rings (SSSR count). The van der Waals surface area contributed by atoms with Gasteiger partial charge in [-0.1, -0.05) is 26.0 Å². The van der Waals surface area contributed by atoms with E-state index in [0.717, 1.165) is 5.56 Å². The molecule has 1 aromatic rings. The molecule has 0 spiro atoms. The largest absolute Gasteiger partial charge is 0.341 e. The number of nitrogens with two attached hydrogens (primary N) is 1. The van der Waals surface area contributed by atoms with Crippen LogP contribution in [0.1, 0.15) is 40.8 Å². The number of amides is 1. The third-order valence-electron chi connectivity index (χ3n) is 3.82. The number of carbonyl (C=O) groups excluding carboxylic acids is 1. The lowest BCUT2D eigenvalue weighted by Gasteiger charge is -2.29. The highest BCUT2D eigenvalue weighted by molar-refractivity contribution is 8.16. The predicted octanol–water partition coefficient (Wildman–Crippen LogP) is 3.61. The fourth-order valence-electron chi connectivity index (χ4n) is 2.46. The molecule has 0 aromatic heterocycles. The number of benzene rings is 1. The Kier molecular flexibility index (Phi) is 6.24. The summed E-state index contributed by atoms with van der Waals surface area (Å²) in [5.41, 5.74) is 7.77. The van der Waals surface area contributed by atoms with Gasteiger partial charge < -0.3 is 10.6 Å². The van der Waals surface area contributed by atoms with Crippen molar-refractivity contribution in [3.8, 4) is 0 Å². The van der Waals surface area contributed by atoms with Crippen molar-refractivity contribution in [2.24, 2.45) is 11.1 Å². The predicted molar refractivity (Wildman–Crippen MR) is 98.5 cm³/mol. The lowest BCUT2D eigenvalue weighted by Crippen LogP contribution is -2.39. The van der Waals surface area contributed by atoms with Crippen LogP contribution in [0.4, 0.5) is 0 Å². The third kappa shape index (κ3) is 4.67. The van der Waals surface area contributed by atoms with Gasteiger partial charge in [0.25, 0.3) is 5.91 Å². The molecule has 0 radical (unpaired) electrons. The Morgan fingerprint density at radius 3 is 2.41 bits per heavy atom. The normalized spacial score (nSPS) is 16.5. The van der Waals surface area contributed by atoms with Crippen molar-refractivity contribution >= 4 is 29.4 Å². The Morgan fingerprint density at radius 2 is 1.86 bits per heavy atom. The summed E-state index contributed by atoms with van der Waals surface area (Å²) >= 11 is 4.00. The molecule has 5 heteroatoms. The Balaban J connectivity index is 2.01. The van der Waals surface area contributed by atoms with Gasteiger partial charge in [0.1, 0.15) is 0 Å². The molecule has 0 saturated carbocycles. The molecule has 1 aliphatic heterocycles. The molecule has 0 unspecified atom stereocenters. The monoisotopic (exact) mass is 338 g/mol. The first-order chi connectivity index (χ1) is 10.4. The molecule has 1 aromatic carbocycles. The van der Waals surface area contributed by atoms with E-state index < -0.39 is 0 Å². The Morgan fingerprint density at radius 1 is 1.27 bits per heavy atom. The van der Waals surface area contributed by atoms with Crippen molar-refractivity contribution in [2.45, 2.75) is 24.9 Å². The van der Waals surface area contributed by atoms with E-state index in [4.69, 9.17) is 5.73 Å². The first-order valence-corrected chi connectivity index (χ1v) is 9.81. The zero-order valence-electron chi connectivity index (χ0n) is 13.7. The van der Waals surface area contributed by atoms with Gasteiger partial charge in [-0.05, 0) is 47.6 Å². The van der Waals surface area contributed by atoms with Gasteiger partial charge in [0, 0.05) is 19.2 Å². The fraction of sp³-hybridized carbons (Fsp3) is 0.588. The second-order valence-corrected chi connectivity index (χ2v) is 9.30. The molecule has 122 valence electrons. The smallest absolute Gasteiger partial charge is 0.253 e. The maximum Gasteiger partial charge on any atom is 0.253 e. The molecule has 0 atom stereocenters. The van der Waals surface area contributed by atoms with Crippen molar-refractivity contribution in [1.82, 2.24) is 4.90 Å². The zero-order valence-corrected chi connectivity index (χ0v) is 15.3. The van der Waals surface area contributed by atoms with Crippen molar-refractivity contribution < 1.29 is 4.79 Å². The summed E-state index contributed by atoms with van der Waals surface area (Å²) in [6.07, 6.45) is 1.30. The van der Waals surface area contributed by atoms with Crippen LogP contribution >= 0.6 is 23.5 Å². The van der Waals surface area contributed by atoms with Crippen LogP contribution < -0.4 is 5.73 Å². The van der Waals surface area contributed by atoms with Gasteiger partial charge in [0.15, 0.2) is 0 Å². The molecule has 3 nitrogen and oxygen atoms in total. The molecule has 0 bridgehead atoms. The maximum atomic E-state index is 12.5. The molecular weight excluding hydrogens is 312 g/mol. The van der Waals surface area contributed by atoms with E-state index in [-0.39, 0.29) is 11.3 Å². The van der Waals surface area contributed by atoms with Crippen molar-refractivity contribution in [1.29, 1.82) is 0 Å². The lowest BCUT2D eigenvalue weighted by molar-refractivity contribution is 0.0740. The highest BCUT2D eigenvalue weighted by Gasteiger charge is 2.22. The topological polar surface area (TPSA) is 46.3 Å². The second-order valence-electron chi connectivity index (χ2n) is 6.58. The van der Waals surface area contributed by atoms with E-state index in [0.29, 0.717) is 17.7 Å². The molecule has 1 heterocycles. The molecule has 2 N–H and O–H groups in total. The van der Waals surface area contributed by atoms with Crippen LogP contribution in [0.2, 0.25) is 0 Å². The number of rotatable bonds is 5. The van der Waals surface area contributed by atoms with Crippen LogP contribution in [0.15, 0.2) is 24.3 Å². The molecule has 22 heavy (non-hydrogen) atoms. The molecule has 1 saturated heterocycles. The summed E-state index contributed by atoms with van der Waals surface area (Å²) in [5, 5.41) is 0. The standard InChI is InChI=1S/C17H26N2OS2/c1-17(2,11-18)12-19(3)15(20)13-5-7-14(8-6-13)16-21-9-4-10-22-16/h5-8,16H,4,9-12,18H2,1-3H3. The zero-order chi connectivity index (χ0) is 16.2. The third-order valence-corrected chi connectivity index (χ3v) is 6.84. The maximum absolute atomic E-state index is 12.5. The average molecular weight is 339 g/mol. The van der Waals surface area contributed by atoms with Crippen LogP contribution in [0.25, 0.3) is 0 Å². The Bertz CT molecular complexity index is 496. The molecule has 1 amide bonds. The van der Waals surface area contributed by atoms with Crippen LogP contribution in [0.3, 0.4) is 0 Å². The van der Waals surface area contributed by atoms with Gasteiger partial charge in [-0.15, -0.1) is 23.5 Å². The highest BCUT2D eigenvalue weighted by Crippen LogP contribution is 2.43. The first kappa shape index (κ1) is 17.7. The SMILES string of the molecule is CN(CC(C)(C)CN)C(=O)c1ccc(C2SCCCS2)cc1. The summed E-state index contributed by atoms with van der Waals surface area (Å²) in [6.45, 7) is 5.40. The quantitative estimate of drug-likeness (QED) is 0.891. The summed E-state index contributed by atoms with van der Waals surface area (Å²) < 4.78 is 0.520. The number of nitrogens with zero attached hydrogens (tertiary/aromatic N) is 1. The average Bonchev–Trinajstić information content (AvgIpc) is 2.55. The van der Waals surface area contributed by atoms with Crippen LogP contribution in [-0.2, 0) is 0 Å².